The third-order valence-electron chi connectivity index (χ3n) is 2.23. The highest BCUT2D eigenvalue weighted by Gasteiger charge is 2.25. The molecular weight excluding hydrogens is 227 g/mol. The van der Waals surface area contributed by atoms with Crippen LogP contribution in [-0.4, -0.2) is 22.7 Å². The lowest BCUT2D eigenvalue weighted by Crippen LogP contribution is -2.28. The minimum Gasteiger partial charge on any atom is -0.388 e. The molecule has 1 rings (SSSR count). The molecule has 0 saturated carbocycles. The van der Waals surface area contributed by atoms with E-state index in [0.29, 0.717) is 6.54 Å². The molecule has 0 bridgehead atoms. The van der Waals surface area contributed by atoms with Crippen molar-refractivity contribution in [2.75, 3.05) is 6.54 Å². The number of hydrogen-bond donors (Lipinski definition) is 2. The minimum atomic E-state index is -1.41. The Morgan fingerprint density at radius 1 is 1.53 bits per heavy atom. The smallest absolute Gasteiger partial charge is 0.273 e. The molecule has 17 heavy (non-hydrogen) atoms. The van der Waals surface area contributed by atoms with E-state index in [4.69, 9.17) is 9.63 Å². The van der Waals surface area contributed by atoms with Crippen LogP contribution in [0.2, 0.25) is 0 Å². The molecule has 1 amide bonds. The van der Waals surface area contributed by atoms with E-state index < -0.39 is 18.7 Å². The zero-order valence-corrected chi connectivity index (χ0v) is 10.2. The van der Waals surface area contributed by atoms with E-state index >= 15 is 0 Å². The number of hydrogen-bond acceptors (Lipinski definition) is 4. The van der Waals surface area contributed by atoms with Crippen molar-refractivity contribution in [2.24, 2.45) is 5.92 Å². The molecule has 0 aliphatic heterocycles. The second-order valence-electron chi connectivity index (χ2n) is 4.25. The van der Waals surface area contributed by atoms with Crippen molar-refractivity contribution >= 4 is 5.91 Å². The second-order valence-corrected chi connectivity index (χ2v) is 4.25. The number of carbonyl (C=O) groups excluding carboxylic acids is 1. The number of nitrogens with zero attached hydrogens (tertiary/aromatic N) is 1. The van der Waals surface area contributed by atoms with Crippen molar-refractivity contribution in [3.05, 3.63) is 17.0 Å². The lowest BCUT2D eigenvalue weighted by atomic mass is 10.1. The van der Waals surface area contributed by atoms with E-state index in [1.165, 1.54) is 6.92 Å². The van der Waals surface area contributed by atoms with Crippen LogP contribution in [0.5, 0.6) is 0 Å². The van der Waals surface area contributed by atoms with Gasteiger partial charge in [0.25, 0.3) is 5.91 Å². The largest absolute Gasteiger partial charge is 0.388 e. The standard InChI is InChI=1S/C11H17FN2O3/c1-6(2)4-13-11(16)10-9(7(3)12)8(5-15)17-14-10/h6-7,15H,4-5H2,1-3H3,(H,13,16). The summed E-state index contributed by atoms with van der Waals surface area (Å²) in [6.45, 7) is 5.15. The number of aliphatic hydroxyl groups excluding tert-OH is 1. The van der Waals surface area contributed by atoms with Gasteiger partial charge in [0.1, 0.15) is 12.8 Å². The fraction of sp³-hybridized carbons (Fsp3) is 0.636. The summed E-state index contributed by atoms with van der Waals surface area (Å²) >= 11 is 0. The van der Waals surface area contributed by atoms with Gasteiger partial charge in [0.15, 0.2) is 11.5 Å². The van der Waals surface area contributed by atoms with Crippen LogP contribution in [0.25, 0.3) is 0 Å². The quantitative estimate of drug-likeness (QED) is 0.824. The number of aromatic nitrogens is 1. The SMILES string of the molecule is CC(C)CNC(=O)c1noc(CO)c1C(C)F. The van der Waals surface area contributed by atoms with Crippen LogP contribution in [-0.2, 0) is 6.61 Å². The third kappa shape index (κ3) is 3.26. The Kier molecular flexibility index (Phi) is 4.62. The van der Waals surface area contributed by atoms with Gasteiger partial charge in [-0.3, -0.25) is 4.79 Å². The Bertz CT molecular complexity index is 388. The fourth-order valence-electron chi connectivity index (χ4n) is 1.40. The summed E-state index contributed by atoms with van der Waals surface area (Å²) in [5, 5.41) is 15.1. The molecule has 5 nitrogen and oxygen atoms in total. The van der Waals surface area contributed by atoms with Gasteiger partial charge in [-0.05, 0) is 12.8 Å². The van der Waals surface area contributed by atoms with E-state index in [0.717, 1.165) is 0 Å². The van der Waals surface area contributed by atoms with Gasteiger partial charge < -0.3 is 14.9 Å². The summed E-state index contributed by atoms with van der Waals surface area (Å²) in [4.78, 5) is 11.7. The Balaban J connectivity index is 2.90. The van der Waals surface area contributed by atoms with E-state index in [1.54, 1.807) is 0 Å². The van der Waals surface area contributed by atoms with Crippen LogP contribution in [0.15, 0.2) is 4.52 Å². The van der Waals surface area contributed by atoms with Crippen LogP contribution in [0.1, 0.15) is 48.8 Å². The summed E-state index contributed by atoms with van der Waals surface area (Å²) in [7, 11) is 0. The number of carbonyl (C=O) groups is 1. The van der Waals surface area contributed by atoms with E-state index in [1.807, 2.05) is 13.8 Å². The number of aliphatic hydroxyl groups is 1. The maximum atomic E-state index is 13.3. The number of rotatable bonds is 5. The van der Waals surface area contributed by atoms with Gasteiger partial charge in [-0.25, -0.2) is 4.39 Å². The highest BCUT2D eigenvalue weighted by Crippen LogP contribution is 2.25. The fourth-order valence-corrected chi connectivity index (χ4v) is 1.40. The topological polar surface area (TPSA) is 75.4 Å². The molecule has 0 aliphatic carbocycles. The molecule has 0 fully saturated rings. The molecule has 0 spiro atoms. The Labute approximate surface area is 99.0 Å². The Morgan fingerprint density at radius 3 is 2.65 bits per heavy atom. The van der Waals surface area contributed by atoms with Gasteiger partial charge in [0, 0.05) is 6.54 Å². The van der Waals surface area contributed by atoms with Gasteiger partial charge in [-0.2, -0.15) is 0 Å². The second kappa shape index (κ2) is 5.77. The van der Waals surface area contributed by atoms with Crippen LogP contribution in [0, 0.1) is 5.92 Å². The number of amides is 1. The monoisotopic (exact) mass is 244 g/mol. The maximum absolute atomic E-state index is 13.3. The highest BCUT2D eigenvalue weighted by molar-refractivity contribution is 5.93. The van der Waals surface area contributed by atoms with Gasteiger partial charge >= 0.3 is 0 Å². The molecule has 2 N–H and O–H groups in total. The van der Waals surface area contributed by atoms with E-state index in [2.05, 4.69) is 10.5 Å². The number of nitrogens with one attached hydrogen (secondary N) is 1. The Morgan fingerprint density at radius 2 is 2.18 bits per heavy atom. The third-order valence-corrected chi connectivity index (χ3v) is 2.23. The molecular formula is C11H17FN2O3. The van der Waals surface area contributed by atoms with Gasteiger partial charge in [0.2, 0.25) is 0 Å². The number of alkyl halides is 1. The molecule has 96 valence electrons. The first kappa shape index (κ1) is 13.6. The van der Waals surface area contributed by atoms with Gasteiger partial charge in [-0.15, -0.1) is 0 Å². The first-order valence-electron chi connectivity index (χ1n) is 5.48. The van der Waals surface area contributed by atoms with Crippen LogP contribution < -0.4 is 5.32 Å². The van der Waals surface area contributed by atoms with Crippen LogP contribution >= 0.6 is 0 Å². The highest BCUT2D eigenvalue weighted by atomic mass is 19.1. The zero-order chi connectivity index (χ0) is 13.0. The van der Waals surface area contributed by atoms with Crippen LogP contribution in [0.4, 0.5) is 4.39 Å². The van der Waals surface area contributed by atoms with E-state index in [9.17, 15) is 9.18 Å². The summed E-state index contributed by atoms with van der Waals surface area (Å²) in [5.41, 5.74) is -0.0709. The molecule has 1 atom stereocenters. The maximum Gasteiger partial charge on any atom is 0.273 e. The summed E-state index contributed by atoms with van der Waals surface area (Å²) < 4.78 is 18.1. The van der Waals surface area contributed by atoms with Crippen molar-refractivity contribution in [3.8, 4) is 0 Å². The number of halogens is 1. The predicted molar refractivity (Wildman–Crippen MR) is 59.1 cm³/mol. The molecule has 6 heteroatoms. The predicted octanol–water partition coefficient (Wildman–Crippen LogP) is 1.58. The average Bonchev–Trinajstić information content (AvgIpc) is 2.69. The summed E-state index contributed by atoms with van der Waals surface area (Å²) in [6.07, 6.45) is -1.41. The van der Waals surface area contributed by atoms with E-state index in [-0.39, 0.29) is 22.9 Å². The average molecular weight is 244 g/mol. The van der Waals surface area contributed by atoms with Crippen molar-refractivity contribution in [2.45, 2.75) is 33.5 Å². The molecule has 1 heterocycles. The van der Waals surface area contributed by atoms with Crippen molar-refractivity contribution < 1.29 is 18.8 Å². The lowest BCUT2D eigenvalue weighted by Gasteiger charge is -2.07. The summed E-state index contributed by atoms with van der Waals surface area (Å²) in [6, 6.07) is 0. The van der Waals surface area contributed by atoms with Gasteiger partial charge in [0.05, 0.1) is 5.56 Å². The van der Waals surface area contributed by atoms with Crippen molar-refractivity contribution in [1.82, 2.24) is 10.5 Å². The molecule has 0 aromatic carbocycles. The first-order chi connectivity index (χ1) is 7.97. The minimum absolute atomic E-state index is 0.00491. The first-order valence-corrected chi connectivity index (χ1v) is 5.48. The molecule has 0 radical (unpaired) electrons. The molecule has 1 aromatic heterocycles. The van der Waals surface area contributed by atoms with Crippen molar-refractivity contribution in [3.63, 3.8) is 0 Å². The lowest BCUT2D eigenvalue weighted by molar-refractivity contribution is 0.0937. The molecule has 0 aliphatic rings. The molecule has 0 saturated heterocycles. The normalized spacial score (nSPS) is 12.8. The molecule has 1 unspecified atom stereocenters. The van der Waals surface area contributed by atoms with Gasteiger partial charge in [-0.1, -0.05) is 19.0 Å². The van der Waals surface area contributed by atoms with Crippen molar-refractivity contribution in [1.29, 1.82) is 0 Å². The Hall–Kier alpha value is -1.43. The summed E-state index contributed by atoms with van der Waals surface area (Å²) in [5.74, 6) is -0.203. The molecule has 1 aromatic rings. The van der Waals surface area contributed by atoms with Crippen LogP contribution in [0.3, 0.4) is 0 Å². The zero-order valence-electron chi connectivity index (χ0n) is 10.2.